The third-order valence-corrected chi connectivity index (χ3v) is 6.23. The summed E-state index contributed by atoms with van der Waals surface area (Å²) < 4.78 is 0. The maximum absolute atomic E-state index is 12.6. The molecule has 0 bridgehead atoms. The lowest BCUT2D eigenvalue weighted by Gasteiger charge is -2.52. The lowest BCUT2D eigenvalue weighted by molar-refractivity contribution is -0.151. The zero-order valence-electron chi connectivity index (χ0n) is 14.5. The maximum atomic E-state index is 12.6. The summed E-state index contributed by atoms with van der Waals surface area (Å²) in [5.41, 5.74) is 5.69. The van der Waals surface area contributed by atoms with E-state index in [0.717, 1.165) is 0 Å². The number of rotatable bonds is 5. The molecule has 2 aliphatic heterocycles. The van der Waals surface area contributed by atoms with Gasteiger partial charge < -0.3 is 25.9 Å². The van der Waals surface area contributed by atoms with Gasteiger partial charge in [0.2, 0.25) is 5.91 Å². The van der Waals surface area contributed by atoms with Crippen molar-refractivity contribution in [1.82, 2.24) is 15.2 Å². The highest BCUT2D eigenvalue weighted by molar-refractivity contribution is 8.00. The molecule has 1 aromatic rings. The monoisotopic (exact) mass is 449 g/mol. The van der Waals surface area contributed by atoms with Crippen LogP contribution in [0.2, 0.25) is 0 Å². The summed E-state index contributed by atoms with van der Waals surface area (Å²) in [5, 5.41) is 15.1. The molecule has 0 spiro atoms. The molecule has 2 unspecified atom stereocenters. The van der Waals surface area contributed by atoms with Gasteiger partial charge in [-0.3, -0.25) is 14.4 Å². The first-order valence-corrected chi connectivity index (χ1v) is 9.19. The molecule has 4 N–H and O–H groups in total. The first-order valence-electron chi connectivity index (χ1n) is 7.76. The molecule has 3 heterocycles. The maximum Gasteiger partial charge on any atom is 0.327 e. The predicted octanol–water partition coefficient (Wildman–Crippen LogP) is -0.102. The first-order chi connectivity index (χ1) is 12.8. The van der Waals surface area contributed by atoms with Gasteiger partial charge in [-0.2, -0.15) is 0 Å². The number of aromatic nitrogens is 1. The van der Waals surface area contributed by atoms with Crippen molar-refractivity contribution in [2.24, 2.45) is 5.16 Å². The van der Waals surface area contributed by atoms with Gasteiger partial charge in [0.05, 0.1) is 6.54 Å². The summed E-state index contributed by atoms with van der Waals surface area (Å²) in [6.45, 7) is -0.122. The molecule has 13 heteroatoms. The van der Waals surface area contributed by atoms with E-state index in [9.17, 15) is 19.5 Å². The number of hydrogen-bond donors (Lipinski definition) is 3. The van der Waals surface area contributed by atoms with Crippen molar-refractivity contribution in [1.29, 1.82) is 0 Å². The van der Waals surface area contributed by atoms with Crippen LogP contribution >= 0.6 is 35.8 Å². The van der Waals surface area contributed by atoms with Crippen LogP contribution in [0.5, 0.6) is 0 Å². The quantitative estimate of drug-likeness (QED) is 0.244. The molecule has 10 nitrogen and oxygen atoms in total. The molecular weight excluding hydrogens is 433 g/mol. The number of fused-ring (bicyclic) bond motifs is 1. The summed E-state index contributed by atoms with van der Waals surface area (Å²) in [6.07, 6.45) is 0. The molecule has 2 fully saturated rings. The van der Waals surface area contributed by atoms with Gasteiger partial charge in [-0.05, 0) is 12.1 Å². The number of carbonyl (C=O) groups excluding carboxylic acids is 2. The fourth-order valence-corrected chi connectivity index (χ4v) is 4.46. The van der Waals surface area contributed by atoms with Gasteiger partial charge in [-0.25, -0.2) is 4.98 Å². The molecule has 152 valence electrons. The van der Waals surface area contributed by atoms with Crippen LogP contribution in [-0.4, -0.2) is 74.2 Å². The van der Waals surface area contributed by atoms with Crippen molar-refractivity contribution in [2.75, 3.05) is 25.1 Å². The number of carboxylic acids is 1. The average Bonchev–Trinajstić information content (AvgIpc) is 2.64. The Labute approximate surface area is 175 Å². The number of β-lactam (4-membered cyclic amide) rings is 1. The smallest absolute Gasteiger partial charge is 0.327 e. The first kappa shape index (κ1) is 22.1. The zero-order valence-corrected chi connectivity index (χ0v) is 16.9. The lowest BCUT2D eigenvalue weighted by atomic mass is 10.0. The van der Waals surface area contributed by atoms with E-state index in [2.05, 4.69) is 15.5 Å². The number of alkyl halides is 1. The Morgan fingerprint density at radius 2 is 2.25 bits per heavy atom. The number of pyridine rings is 1. The number of nitrogens with zero attached hydrogens (tertiary/aromatic N) is 3. The van der Waals surface area contributed by atoms with Gasteiger partial charge in [0.15, 0.2) is 10.6 Å². The Morgan fingerprint density at radius 1 is 1.54 bits per heavy atom. The summed E-state index contributed by atoms with van der Waals surface area (Å²) >= 11 is 7.25. The molecule has 2 amide bonds. The second kappa shape index (κ2) is 8.41. The Morgan fingerprint density at radius 3 is 2.86 bits per heavy atom. The van der Waals surface area contributed by atoms with Crippen LogP contribution in [0, 0.1) is 0 Å². The van der Waals surface area contributed by atoms with Crippen molar-refractivity contribution >= 4 is 65.1 Å². The van der Waals surface area contributed by atoms with Crippen molar-refractivity contribution < 1.29 is 24.3 Å². The van der Waals surface area contributed by atoms with E-state index in [1.807, 2.05) is 0 Å². The molecule has 0 radical (unpaired) electrons. The fourth-order valence-electron chi connectivity index (χ4n) is 2.76. The molecular formula is C15H17Cl2N5O5S. The number of aliphatic carboxylic acids is 1. The van der Waals surface area contributed by atoms with E-state index in [4.69, 9.17) is 22.2 Å². The number of nitrogens with two attached hydrogens (primary N) is 1. The second-order valence-corrected chi connectivity index (χ2v) is 7.79. The van der Waals surface area contributed by atoms with Crippen LogP contribution in [-0.2, 0) is 19.2 Å². The van der Waals surface area contributed by atoms with Crippen molar-refractivity contribution in [3.63, 3.8) is 0 Å². The van der Waals surface area contributed by atoms with Crippen LogP contribution in [0.3, 0.4) is 0 Å². The van der Waals surface area contributed by atoms with Crippen LogP contribution < -0.4 is 11.1 Å². The predicted molar refractivity (Wildman–Crippen MR) is 106 cm³/mol. The van der Waals surface area contributed by atoms with E-state index >= 15 is 0 Å². The fraction of sp³-hybridized carbons (Fsp3) is 0.400. The standard InChI is InChI=1S/C15H16ClN5O5S.ClH/c1-26-20-9(7-3-2-4-8(17)18-7)11(22)19-10-12(23)21-5-15(16,14(24)25)6-27-13(10)21;/h2-4,10,13H,5-6H2,1H3,(H2,17,18)(H,19,22)(H,24,25);1H/t10?,13-,15?;/m1./s1. The summed E-state index contributed by atoms with van der Waals surface area (Å²) in [5.74, 6) is -1.94. The second-order valence-electron chi connectivity index (χ2n) is 5.96. The van der Waals surface area contributed by atoms with Gasteiger partial charge in [-0.15, -0.1) is 35.8 Å². The Bertz CT molecular complexity index is 841. The molecule has 3 rings (SSSR count). The van der Waals surface area contributed by atoms with E-state index < -0.39 is 34.1 Å². The molecule has 28 heavy (non-hydrogen) atoms. The zero-order chi connectivity index (χ0) is 19.8. The number of carbonyl (C=O) groups is 3. The van der Waals surface area contributed by atoms with E-state index in [0.29, 0.717) is 0 Å². The number of anilines is 1. The highest BCUT2D eigenvalue weighted by Gasteiger charge is 2.57. The normalized spacial score (nSPS) is 26.4. The molecule has 2 saturated heterocycles. The van der Waals surface area contributed by atoms with Gasteiger partial charge in [-0.1, -0.05) is 11.2 Å². The topological polar surface area (TPSA) is 147 Å². The third-order valence-electron chi connectivity index (χ3n) is 4.13. The van der Waals surface area contributed by atoms with Crippen LogP contribution in [0.1, 0.15) is 5.69 Å². The highest BCUT2D eigenvalue weighted by atomic mass is 35.5. The number of hydrogen-bond acceptors (Lipinski definition) is 8. The van der Waals surface area contributed by atoms with Gasteiger partial charge in [0.1, 0.15) is 30.0 Å². The minimum absolute atomic E-state index is 0. The van der Waals surface area contributed by atoms with Gasteiger partial charge in [0.25, 0.3) is 5.91 Å². The van der Waals surface area contributed by atoms with E-state index in [1.54, 1.807) is 12.1 Å². The third kappa shape index (κ3) is 3.96. The van der Waals surface area contributed by atoms with Crippen LogP contribution in [0.15, 0.2) is 23.4 Å². The van der Waals surface area contributed by atoms with E-state index in [1.165, 1.54) is 29.8 Å². The summed E-state index contributed by atoms with van der Waals surface area (Å²) in [6, 6.07) is 3.88. The molecule has 0 saturated carbocycles. The molecule has 0 aliphatic carbocycles. The number of amides is 2. The molecule has 2 aliphatic rings. The Balaban J connectivity index is 0.00000280. The van der Waals surface area contributed by atoms with Crippen LogP contribution in [0.25, 0.3) is 0 Å². The van der Waals surface area contributed by atoms with Crippen molar-refractivity contribution in [3.05, 3.63) is 23.9 Å². The minimum Gasteiger partial charge on any atom is -0.480 e. The average molecular weight is 450 g/mol. The number of thioether (sulfide) groups is 1. The summed E-state index contributed by atoms with van der Waals surface area (Å²) in [7, 11) is 1.28. The summed E-state index contributed by atoms with van der Waals surface area (Å²) in [4.78, 5) is 44.8. The van der Waals surface area contributed by atoms with Gasteiger partial charge >= 0.3 is 5.97 Å². The molecule has 3 atom stereocenters. The van der Waals surface area contributed by atoms with Gasteiger partial charge in [0, 0.05) is 5.75 Å². The van der Waals surface area contributed by atoms with E-state index in [-0.39, 0.29) is 41.9 Å². The van der Waals surface area contributed by atoms with Crippen LogP contribution in [0.4, 0.5) is 5.82 Å². The van der Waals surface area contributed by atoms with Crippen molar-refractivity contribution in [3.8, 4) is 0 Å². The number of halogens is 2. The molecule has 0 aromatic carbocycles. The number of carboxylic acid groups (broad SMARTS) is 1. The number of nitrogens with one attached hydrogen (secondary N) is 1. The number of nitrogen functional groups attached to an aromatic ring is 1. The lowest BCUT2D eigenvalue weighted by Crippen LogP contribution is -2.74. The highest BCUT2D eigenvalue weighted by Crippen LogP contribution is 2.40. The SMILES string of the molecule is CON=C(C(=O)NC1C(=O)N2CC(Cl)(C(=O)O)CS[C@H]12)c1cccc(N)n1.Cl. The number of oxime groups is 1. The Hall–Kier alpha value is -2.24. The van der Waals surface area contributed by atoms with Crippen molar-refractivity contribution in [2.45, 2.75) is 16.3 Å². The minimum atomic E-state index is -1.53. The Kier molecular flexibility index (Phi) is 6.63. The molecule has 1 aromatic heterocycles. The largest absolute Gasteiger partial charge is 0.480 e.